The zero-order valence-corrected chi connectivity index (χ0v) is 21.0. The lowest BCUT2D eigenvalue weighted by atomic mass is 9.88. The molecule has 2 aliphatic rings. The van der Waals surface area contributed by atoms with Gasteiger partial charge in [0.15, 0.2) is 5.15 Å². The van der Waals surface area contributed by atoms with Crippen LogP contribution < -0.4 is 5.32 Å². The number of aliphatic hydroxyl groups is 1. The molecule has 1 aromatic carbocycles. The van der Waals surface area contributed by atoms with E-state index in [-0.39, 0.29) is 6.54 Å². The second-order valence-electron chi connectivity index (χ2n) is 9.90. The number of aromatic nitrogens is 4. The lowest BCUT2D eigenvalue weighted by molar-refractivity contribution is 0.0578. The minimum atomic E-state index is -0.928. The summed E-state index contributed by atoms with van der Waals surface area (Å²) in [6, 6.07) is 4.62. The smallest absolute Gasteiger partial charge is 0.227 e. The molecule has 34 heavy (non-hydrogen) atoms. The summed E-state index contributed by atoms with van der Waals surface area (Å²) in [4.78, 5) is 11.7. The molecule has 0 amide bonds. The van der Waals surface area contributed by atoms with Gasteiger partial charge in [0, 0.05) is 29.3 Å². The molecule has 0 radical (unpaired) electrons. The van der Waals surface area contributed by atoms with Gasteiger partial charge in [0.2, 0.25) is 5.95 Å². The van der Waals surface area contributed by atoms with Gasteiger partial charge in [-0.1, -0.05) is 23.2 Å². The number of likely N-dealkylation sites (tertiary alicyclic amines) is 1. The van der Waals surface area contributed by atoms with E-state index in [0.29, 0.717) is 28.7 Å². The van der Waals surface area contributed by atoms with Gasteiger partial charge in [-0.15, -0.1) is 0 Å². The lowest BCUT2D eigenvalue weighted by Gasteiger charge is -2.35. The Morgan fingerprint density at radius 1 is 1.18 bits per heavy atom. The van der Waals surface area contributed by atoms with Crippen molar-refractivity contribution in [1.82, 2.24) is 24.6 Å². The molecule has 0 bridgehead atoms. The molecule has 2 N–H and O–H groups in total. The van der Waals surface area contributed by atoms with Gasteiger partial charge in [-0.25, -0.2) is 14.6 Å². The standard InChI is InChI=1S/C24H30Cl2N6O2/c1-24(2,33)14-32-22(26)21(12-28-32)30-23-27-11-16-9-19(25)18(10-20(16)29-23)15-3-6-31(7-4-15)17-5-8-34-13-17/h9-12,15,17,33H,3-8,13-14H2,1-2H3,(H,27,29,30). The first-order chi connectivity index (χ1) is 16.3. The zero-order valence-electron chi connectivity index (χ0n) is 19.5. The summed E-state index contributed by atoms with van der Waals surface area (Å²) in [5, 5.41) is 19.5. The molecule has 2 aliphatic heterocycles. The normalized spacial score (nSPS) is 20.3. The van der Waals surface area contributed by atoms with E-state index in [0.717, 1.165) is 67.1 Å². The minimum absolute atomic E-state index is 0.278. The largest absolute Gasteiger partial charge is 0.389 e. The summed E-state index contributed by atoms with van der Waals surface area (Å²) >= 11 is 13.1. The van der Waals surface area contributed by atoms with Gasteiger partial charge in [0.25, 0.3) is 0 Å². The fourth-order valence-electron chi connectivity index (χ4n) is 4.88. The highest BCUT2D eigenvalue weighted by molar-refractivity contribution is 6.32. The molecule has 0 aliphatic carbocycles. The van der Waals surface area contributed by atoms with Crippen molar-refractivity contribution in [3.63, 3.8) is 0 Å². The van der Waals surface area contributed by atoms with Crippen LogP contribution in [0.15, 0.2) is 24.5 Å². The maximum absolute atomic E-state index is 10.1. The average Bonchev–Trinajstić information content (AvgIpc) is 3.45. The first-order valence-corrected chi connectivity index (χ1v) is 12.5. The molecule has 1 atom stereocenters. The molecule has 0 spiro atoms. The predicted octanol–water partition coefficient (Wildman–Crippen LogP) is 4.62. The summed E-state index contributed by atoms with van der Waals surface area (Å²) in [7, 11) is 0. The Morgan fingerprint density at radius 3 is 2.68 bits per heavy atom. The van der Waals surface area contributed by atoms with E-state index in [4.69, 9.17) is 32.9 Å². The maximum Gasteiger partial charge on any atom is 0.227 e. The van der Waals surface area contributed by atoms with Crippen molar-refractivity contribution < 1.29 is 9.84 Å². The van der Waals surface area contributed by atoms with Crippen molar-refractivity contribution in [2.45, 2.75) is 57.2 Å². The summed E-state index contributed by atoms with van der Waals surface area (Å²) in [6.45, 7) is 7.56. The number of rotatable bonds is 6. The molecule has 8 nitrogen and oxygen atoms in total. The number of benzene rings is 1. The topological polar surface area (TPSA) is 88.3 Å². The van der Waals surface area contributed by atoms with Crippen molar-refractivity contribution in [3.05, 3.63) is 40.3 Å². The van der Waals surface area contributed by atoms with Gasteiger partial charge in [-0.05, 0) is 69.8 Å². The Labute approximate surface area is 209 Å². The SMILES string of the molecule is CC(C)(O)Cn1ncc(Nc2ncc3cc(Cl)c(C4CCN(C5CCOC5)CC4)cc3n2)c1Cl. The average molecular weight is 505 g/mol. The molecular weight excluding hydrogens is 475 g/mol. The molecular formula is C24H30Cl2N6O2. The lowest BCUT2D eigenvalue weighted by Crippen LogP contribution is -2.41. The molecule has 1 unspecified atom stereocenters. The molecule has 2 fully saturated rings. The number of anilines is 2. The number of fused-ring (bicyclic) bond motifs is 1. The molecule has 182 valence electrons. The van der Waals surface area contributed by atoms with Crippen molar-refractivity contribution in [3.8, 4) is 0 Å². The Hall–Kier alpha value is -1.97. The van der Waals surface area contributed by atoms with Crippen LogP contribution in [0.5, 0.6) is 0 Å². The number of halogens is 2. The van der Waals surface area contributed by atoms with E-state index < -0.39 is 5.60 Å². The summed E-state index contributed by atoms with van der Waals surface area (Å²) < 4.78 is 7.11. The van der Waals surface area contributed by atoms with E-state index in [1.807, 2.05) is 6.07 Å². The van der Waals surface area contributed by atoms with E-state index in [1.165, 1.54) is 0 Å². The van der Waals surface area contributed by atoms with E-state index >= 15 is 0 Å². The third kappa shape index (κ3) is 5.16. The van der Waals surface area contributed by atoms with Crippen LogP contribution in [0.4, 0.5) is 11.6 Å². The number of hydrogen-bond donors (Lipinski definition) is 2. The molecule has 3 aromatic rings. The van der Waals surface area contributed by atoms with Crippen molar-refractivity contribution in [2.24, 2.45) is 0 Å². The van der Waals surface area contributed by atoms with Crippen LogP contribution in [0.1, 0.15) is 44.6 Å². The first kappa shape index (κ1) is 23.8. The van der Waals surface area contributed by atoms with Crippen LogP contribution in [0.25, 0.3) is 10.9 Å². The molecule has 2 saturated heterocycles. The number of nitrogens with one attached hydrogen (secondary N) is 1. The Kier molecular flexibility index (Phi) is 6.70. The minimum Gasteiger partial charge on any atom is -0.389 e. The van der Waals surface area contributed by atoms with E-state index in [9.17, 15) is 5.11 Å². The van der Waals surface area contributed by atoms with Gasteiger partial charge in [0.1, 0.15) is 0 Å². The quantitative estimate of drug-likeness (QED) is 0.506. The Morgan fingerprint density at radius 2 is 1.97 bits per heavy atom. The molecule has 2 aromatic heterocycles. The molecule has 0 saturated carbocycles. The Balaban J connectivity index is 1.33. The van der Waals surface area contributed by atoms with Crippen molar-refractivity contribution in [1.29, 1.82) is 0 Å². The monoisotopic (exact) mass is 504 g/mol. The van der Waals surface area contributed by atoms with Crippen molar-refractivity contribution >= 4 is 45.7 Å². The van der Waals surface area contributed by atoms with Gasteiger partial charge >= 0.3 is 0 Å². The van der Waals surface area contributed by atoms with Crippen LogP contribution in [-0.4, -0.2) is 67.7 Å². The number of ether oxygens (including phenoxy) is 1. The fourth-order valence-corrected chi connectivity index (χ4v) is 5.40. The van der Waals surface area contributed by atoms with Gasteiger partial charge < -0.3 is 15.2 Å². The van der Waals surface area contributed by atoms with Gasteiger partial charge in [0.05, 0.1) is 36.2 Å². The highest BCUT2D eigenvalue weighted by atomic mass is 35.5. The summed E-state index contributed by atoms with van der Waals surface area (Å²) in [5.41, 5.74) is 1.65. The first-order valence-electron chi connectivity index (χ1n) is 11.8. The number of hydrogen-bond acceptors (Lipinski definition) is 7. The fraction of sp³-hybridized carbons (Fsp3) is 0.542. The molecule has 5 rings (SSSR count). The van der Waals surface area contributed by atoms with Crippen LogP contribution in [0.3, 0.4) is 0 Å². The maximum atomic E-state index is 10.1. The van der Waals surface area contributed by atoms with Crippen LogP contribution in [0.2, 0.25) is 10.2 Å². The number of nitrogens with zero attached hydrogens (tertiary/aromatic N) is 5. The second-order valence-corrected chi connectivity index (χ2v) is 10.7. The number of piperidine rings is 1. The van der Waals surface area contributed by atoms with Crippen LogP contribution in [-0.2, 0) is 11.3 Å². The van der Waals surface area contributed by atoms with Gasteiger partial charge in [-0.2, -0.15) is 5.10 Å². The molecule has 10 heteroatoms. The predicted molar refractivity (Wildman–Crippen MR) is 134 cm³/mol. The second kappa shape index (κ2) is 9.59. The highest BCUT2D eigenvalue weighted by Crippen LogP contribution is 2.36. The van der Waals surface area contributed by atoms with E-state index in [2.05, 4.69) is 26.4 Å². The summed E-state index contributed by atoms with van der Waals surface area (Å²) in [6.07, 6.45) is 6.66. The highest BCUT2D eigenvalue weighted by Gasteiger charge is 2.29. The third-order valence-corrected chi connectivity index (χ3v) is 7.37. The molecule has 4 heterocycles. The van der Waals surface area contributed by atoms with Crippen molar-refractivity contribution in [2.75, 3.05) is 31.6 Å². The van der Waals surface area contributed by atoms with Crippen LogP contribution in [0, 0.1) is 0 Å². The Bertz CT molecular complexity index is 1160. The van der Waals surface area contributed by atoms with Crippen LogP contribution >= 0.6 is 23.2 Å². The van der Waals surface area contributed by atoms with Gasteiger partial charge in [-0.3, -0.25) is 4.90 Å². The third-order valence-electron chi connectivity index (χ3n) is 6.65. The summed E-state index contributed by atoms with van der Waals surface area (Å²) in [5.74, 6) is 0.845. The zero-order chi connectivity index (χ0) is 23.9. The van der Waals surface area contributed by atoms with E-state index in [1.54, 1.807) is 30.9 Å².